The molecule has 8 heteroatoms. The van der Waals surface area contributed by atoms with Gasteiger partial charge in [0.2, 0.25) is 5.88 Å². The molecule has 3 aromatic heterocycles. The highest BCUT2D eigenvalue weighted by Crippen LogP contribution is 2.30. The monoisotopic (exact) mass is 328 g/mol. The van der Waals surface area contributed by atoms with Gasteiger partial charge in [-0.3, -0.25) is 18.7 Å². The van der Waals surface area contributed by atoms with Crippen LogP contribution in [0.1, 0.15) is 23.5 Å². The first-order chi connectivity index (χ1) is 11.5. The first kappa shape index (κ1) is 15.7. The number of pyridine rings is 1. The summed E-state index contributed by atoms with van der Waals surface area (Å²) < 4.78 is 7.61. The van der Waals surface area contributed by atoms with E-state index in [1.165, 1.54) is 11.5 Å². The maximum absolute atomic E-state index is 12.8. The lowest BCUT2D eigenvalue weighted by Crippen LogP contribution is -2.24. The van der Waals surface area contributed by atoms with E-state index in [0.717, 1.165) is 0 Å². The van der Waals surface area contributed by atoms with Gasteiger partial charge < -0.3 is 9.84 Å². The molecule has 124 valence electrons. The fourth-order valence-corrected chi connectivity index (χ4v) is 2.65. The first-order valence-corrected chi connectivity index (χ1v) is 7.27. The number of rotatable bonds is 4. The molecule has 8 nitrogen and oxygen atoms in total. The van der Waals surface area contributed by atoms with Gasteiger partial charge in [-0.25, -0.2) is 0 Å². The van der Waals surface area contributed by atoms with Gasteiger partial charge in [0, 0.05) is 25.4 Å². The number of esters is 1. The summed E-state index contributed by atoms with van der Waals surface area (Å²) in [7, 11) is 3.00. The summed E-state index contributed by atoms with van der Waals surface area (Å²) in [4.78, 5) is 28.7. The van der Waals surface area contributed by atoms with Crippen molar-refractivity contribution in [2.45, 2.75) is 12.3 Å². The summed E-state index contributed by atoms with van der Waals surface area (Å²) in [5, 5.41) is 14.4. The lowest BCUT2D eigenvalue weighted by Gasteiger charge is -2.15. The number of aromatic hydroxyl groups is 1. The van der Waals surface area contributed by atoms with Crippen molar-refractivity contribution in [3.8, 4) is 5.88 Å². The zero-order valence-electron chi connectivity index (χ0n) is 13.2. The van der Waals surface area contributed by atoms with Crippen molar-refractivity contribution in [1.29, 1.82) is 0 Å². The smallest absolute Gasteiger partial charge is 0.306 e. The Morgan fingerprint density at radius 1 is 1.42 bits per heavy atom. The van der Waals surface area contributed by atoms with E-state index in [1.54, 1.807) is 48.5 Å². The van der Waals surface area contributed by atoms with E-state index < -0.39 is 23.3 Å². The number of aryl methyl sites for hydroxylation is 1. The summed E-state index contributed by atoms with van der Waals surface area (Å²) in [6.45, 7) is 0. The van der Waals surface area contributed by atoms with E-state index >= 15 is 0 Å². The van der Waals surface area contributed by atoms with Gasteiger partial charge in [0.25, 0.3) is 5.56 Å². The van der Waals surface area contributed by atoms with E-state index in [9.17, 15) is 14.7 Å². The van der Waals surface area contributed by atoms with Crippen molar-refractivity contribution < 1.29 is 14.6 Å². The van der Waals surface area contributed by atoms with Crippen LogP contribution in [0.5, 0.6) is 5.88 Å². The molecule has 0 aromatic carbocycles. The van der Waals surface area contributed by atoms with E-state index in [1.807, 2.05) is 0 Å². The SMILES string of the molecule is COC(=O)C[C@@H](c1cnn(C)c1)c1c(O)nc2ccccn2c1=O. The third-order valence-electron chi connectivity index (χ3n) is 3.82. The highest BCUT2D eigenvalue weighted by molar-refractivity contribution is 5.71. The normalized spacial score (nSPS) is 12.2. The third-order valence-corrected chi connectivity index (χ3v) is 3.82. The summed E-state index contributed by atoms with van der Waals surface area (Å²) in [5.41, 5.74) is 0.549. The summed E-state index contributed by atoms with van der Waals surface area (Å²) in [5.74, 6) is -1.60. The quantitative estimate of drug-likeness (QED) is 0.712. The molecule has 1 atom stereocenters. The number of hydrogen-bond acceptors (Lipinski definition) is 6. The Kier molecular flexibility index (Phi) is 4.03. The van der Waals surface area contributed by atoms with E-state index in [0.29, 0.717) is 11.2 Å². The Bertz CT molecular complexity index is 960. The molecule has 0 aliphatic heterocycles. The fraction of sp³-hybridized carbons (Fsp3) is 0.250. The Morgan fingerprint density at radius 3 is 2.88 bits per heavy atom. The third kappa shape index (κ3) is 2.73. The van der Waals surface area contributed by atoms with Crippen molar-refractivity contribution >= 4 is 11.6 Å². The van der Waals surface area contributed by atoms with Gasteiger partial charge in [-0.1, -0.05) is 6.07 Å². The van der Waals surface area contributed by atoms with Crippen molar-refractivity contribution in [2.24, 2.45) is 7.05 Å². The molecule has 1 N–H and O–H groups in total. The van der Waals surface area contributed by atoms with Crippen molar-refractivity contribution in [2.75, 3.05) is 7.11 Å². The van der Waals surface area contributed by atoms with Crippen molar-refractivity contribution in [1.82, 2.24) is 19.2 Å². The Labute approximate surface area is 136 Å². The van der Waals surface area contributed by atoms with Gasteiger partial charge in [0.05, 0.1) is 25.3 Å². The zero-order chi connectivity index (χ0) is 17.3. The molecular weight excluding hydrogens is 312 g/mol. The Balaban J connectivity index is 2.22. The van der Waals surface area contributed by atoms with Crippen LogP contribution in [0.3, 0.4) is 0 Å². The predicted molar refractivity (Wildman–Crippen MR) is 84.8 cm³/mol. The van der Waals surface area contributed by atoms with Gasteiger partial charge in [-0.05, 0) is 17.7 Å². The van der Waals surface area contributed by atoms with Gasteiger partial charge in [-0.2, -0.15) is 10.1 Å². The number of nitrogens with zero attached hydrogens (tertiary/aromatic N) is 4. The van der Waals surface area contributed by atoms with Crippen molar-refractivity contribution in [3.05, 3.63) is 58.3 Å². The molecule has 0 unspecified atom stereocenters. The average molecular weight is 328 g/mol. The van der Waals surface area contributed by atoms with E-state index in [2.05, 4.69) is 10.1 Å². The summed E-state index contributed by atoms with van der Waals surface area (Å²) in [6.07, 6.45) is 4.69. The minimum absolute atomic E-state index is 0.0390. The topological polar surface area (TPSA) is 98.7 Å². The van der Waals surface area contributed by atoms with Crippen LogP contribution >= 0.6 is 0 Å². The highest BCUT2D eigenvalue weighted by Gasteiger charge is 2.27. The second-order valence-electron chi connectivity index (χ2n) is 5.36. The fourth-order valence-electron chi connectivity index (χ4n) is 2.65. The highest BCUT2D eigenvalue weighted by atomic mass is 16.5. The molecule has 0 radical (unpaired) electrons. The van der Waals surface area contributed by atoms with Crippen LogP contribution in [0, 0.1) is 0 Å². The maximum Gasteiger partial charge on any atom is 0.306 e. The van der Waals surface area contributed by atoms with Crippen LogP contribution in [-0.4, -0.2) is 37.4 Å². The standard InChI is InChI=1S/C16H16N4O4/c1-19-9-10(8-17-19)11(7-13(21)24-2)14-15(22)18-12-5-3-4-6-20(12)16(14)23/h3-6,8-9,11,22H,7H2,1-2H3/t11-/m0/s1. The van der Waals surface area contributed by atoms with Crippen molar-refractivity contribution in [3.63, 3.8) is 0 Å². The second kappa shape index (κ2) is 6.15. The number of hydrogen-bond donors (Lipinski definition) is 1. The largest absolute Gasteiger partial charge is 0.493 e. The zero-order valence-corrected chi connectivity index (χ0v) is 13.2. The average Bonchev–Trinajstić information content (AvgIpc) is 3.00. The predicted octanol–water partition coefficient (Wildman–Crippen LogP) is 0.829. The first-order valence-electron chi connectivity index (χ1n) is 7.27. The molecule has 0 aliphatic rings. The Morgan fingerprint density at radius 2 is 2.21 bits per heavy atom. The van der Waals surface area contributed by atoms with Crippen LogP contribution in [0.4, 0.5) is 0 Å². The van der Waals surface area contributed by atoms with Gasteiger partial charge in [0.1, 0.15) is 5.65 Å². The van der Waals surface area contributed by atoms with Gasteiger partial charge >= 0.3 is 5.97 Å². The van der Waals surface area contributed by atoms with E-state index in [4.69, 9.17) is 4.74 Å². The lowest BCUT2D eigenvalue weighted by atomic mass is 9.91. The van der Waals surface area contributed by atoms with Gasteiger partial charge in [-0.15, -0.1) is 0 Å². The minimum Gasteiger partial charge on any atom is -0.493 e. The molecule has 0 saturated heterocycles. The number of fused-ring (bicyclic) bond motifs is 1. The molecule has 0 spiro atoms. The summed E-state index contributed by atoms with van der Waals surface area (Å²) in [6, 6.07) is 5.02. The molecule has 3 rings (SSSR count). The molecule has 0 saturated carbocycles. The second-order valence-corrected chi connectivity index (χ2v) is 5.36. The molecule has 0 bridgehead atoms. The molecule has 3 heterocycles. The lowest BCUT2D eigenvalue weighted by molar-refractivity contribution is -0.140. The van der Waals surface area contributed by atoms with Crippen LogP contribution in [0.25, 0.3) is 5.65 Å². The molecule has 24 heavy (non-hydrogen) atoms. The number of methoxy groups -OCH3 is 1. The van der Waals surface area contributed by atoms with E-state index in [-0.39, 0.29) is 12.0 Å². The molecule has 3 aromatic rings. The minimum atomic E-state index is -0.705. The summed E-state index contributed by atoms with van der Waals surface area (Å²) >= 11 is 0. The van der Waals surface area contributed by atoms with Crippen LogP contribution in [0.2, 0.25) is 0 Å². The molecule has 0 aliphatic carbocycles. The van der Waals surface area contributed by atoms with Crippen LogP contribution in [-0.2, 0) is 16.6 Å². The Hall–Kier alpha value is -3.16. The van der Waals surface area contributed by atoms with Crippen LogP contribution < -0.4 is 5.56 Å². The maximum atomic E-state index is 12.8. The van der Waals surface area contributed by atoms with Gasteiger partial charge in [0.15, 0.2) is 0 Å². The number of ether oxygens (including phenoxy) is 1. The molecule has 0 amide bonds. The van der Waals surface area contributed by atoms with Crippen LogP contribution in [0.15, 0.2) is 41.6 Å². The number of carbonyl (C=O) groups is 1. The number of carbonyl (C=O) groups excluding carboxylic acids is 1. The number of aromatic nitrogens is 4. The molecular formula is C16H16N4O4. The molecule has 0 fully saturated rings.